The van der Waals surface area contributed by atoms with Crippen molar-refractivity contribution in [1.82, 2.24) is 0 Å². The third kappa shape index (κ3) is 6.83. The van der Waals surface area contributed by atoms with Gasteiger partial charge in [-0.3, -0.25) is 4.79 Å². The van der Waals surface area contributed by atoms with E-state index in [-0.39, 0.29) is 12.2 Å². The van der Waals surface area contributed by atoms with Crippen LogP contribution in [0.2, 0.25) is 0 Å². The van der Waals surface area contributed by atoms with E-state index in [4.69, 9.17) is 5.11 Å². The average molecular weight is 407 g/mol. The van der Waals surface area contributed by atoms with Crippen molar-refractivity contribution in [1.29, 1.82) is 0 Å². The Bertz CT molecular complexity index is 655. The lowest BCUT2D eigenvalue weighted by Gasteiger charge is -2.37. The van der Waals surface area contributed by atoms with Crippen LogP contribution in [-0.2, 0) is 4.79 Å². The quantitative estimate of drug-likeness (QED) is 0.484. The molecule has 1 N–H and O–H groups in total. The lowest BCUT2D eigenvalue weighted by atomic mass is 9.68. The molecule has 3 nitrogen and oxygen atoms in total. The van der Waals surface area contributed by atoms with Gasteiger partial charge in [-0.2, -0.15) is 8.78 Å². The fourth-order valence-electron chi connectivity index (χ4n) is 5.15. The molecule has 2 saturated carbocycles. The normalized spacial score (nSPS) is 28.0. The van der Waals surface area contributed by atoms with Gasteiger partial charge in [0.1, 0.15) is 5.75 Å². The third-order valence-electron chi connectivity index (χ3n) is 6.76. The highest BCUT2D eigenvalue weighted by Gasteiger charge is 2.30. The molecule has 160 valence electrons. The van der Waals surface area contributed by atoms with Gasteiger partial charge in [0.15, 0.2) is 0 Å². The summed E-state index contributed by atoms with van der Waals surface area (Å²) in [4.78, 5) is 10.6. The highest BCUT2D eigenvalue weighted by atomic mass is 19.3. The Morgan fingerprint density at radius 1 is 1.00 bits per heavy atom. The van der Waals surface area contributed by atoms with Crippen LogP contribution in [0.25, 0.3) is 0 Å². The summed E-state index contributed by atoms with van der Waals surface area (Å²) in [5, 5.41) is 8.70. The molecular weight excluding hydrogens is 374 g/mol. The Balaban J connectivity index is 1.39. The van der Waals surface area contributed by atoms with Crippen LogP contribution in [0.15, 0.2) is 36.4 Å². The number of carboxylic acid groups (broad SMARTS) is 1. The average Bonchev–Trinajstić information content (AvgIpc) is 2.72. The summed E-state index contributed by atoms with van der Waals surface area (Å²) in [7, 11) is 0. The maximum Gasteiger partial charge on any atom is 0.387 e. The van der Waals surface area contributed by atoms with Crippen LogP contribution >= 0.6 is 0 Å². The summed E-state index contributed by atoms with van der Waals surface area (Å²) in [6, 6.07) is 7.17. The molecule has 29 heavy (non-hydrogen) atoms. The number of alkyl halides is 2. The third-order valence-corrected chi connectivity index (χ3v) is 6.76. The number of hydrogen-bond donors (Lipinski definition) is 1. The fourth-order valence-corrected chi connectivity index (χ4v) is 5.15. The molecule has 0 heterocycles. The summed E-state index contributed by atoms with van der Waals surface area (Å²) in [5.41, 5.74) is 1.24. The molecule has 0 radical (unpaired) electrons. The highest BCUT2D eigenvalue weighted by molar-refractivity contribution is 5.66. The van der Waals surface area contributed by atoms with Gasteiger partial charge in [0, 0.05) is 6.42 Å². The molecule has 0 unspecified atom stereocenters. The summed E-state index contributed by atoms with van der Waals surface area (Å²) in [6.45, 7) is -2.77. The molecule has 0 saturated heterocycles. The van der Waals surface area contributed by atoms with Crippen molar-refractivity contribution in [3.8, 4) is 5.75 Å². The van der Waals surface area contributed by atoms with Crippen molar-refractivity contribution in [2.24, 2.45) is 17.8 Å². The number of benzene rings is 1. The zero-order valence-electron chi connectivity index (χ0n) is 16.9. The fraction of sp³-hybridized carbons (Fsp3) is 0.625. The van der Waals surface area contributed by atoms with Gasteiger partial charge >= 0.3 is 12.6 Å². The molecule has 1 aromatic carbocycles. The molecule has 0 aromatic heterocycles. The van der Waals surface area contributed by atoms with E-state index in [2.05, 4.69) is 10.8 Å². The van der Waals surface area contributed by atoms with Crippen molar-refractivity contribution in [2.75, 3.05) is 0 Å². The number of aliphatic carboxylic acids is 1. The van der Waals surface area contributed by atoms with Gasteiger partial charge in [-0.25, -0.2) is 0 Å². The first-order valence-corrected chi connectivity index (χ1v) is 10.9. The van der Waals surface area contributed by atoms with Crippen LogP contribution in [0.1, 0.15) is 75.7 Å². The van der Waals surface area contributed by atoms with E-state index in [1.807, 2.05) is 18.2 Å². The lowest BCUT2D eigenvalue weighted by molar-refractivity contribution is -0.136. The SMILES string of the molecule is O=C(O)CCC=C[C@H]1CC[C@H]([C@H]2CC[C@H](c3ccc(OC(F)F)cc3)CC2)CC1. The van der Waals surface area contributed by atoms with Crippen LogP contribution in [-0.4, -0.2) is 17.7 Å². The van der Waals surface area contributed by atoms with Crippen molar-refractivity contribution in [3.05, 3.63) is 42.0 Å². The first kappa shape index (κ1) is 21.8. The second-order valence-corrected chi connectivity index (χ2v) is 8.59. The first-order chi connectivity index (χ1) is 14.0. The van der Waals surface area contributed by atoms with Crippen molar-refractivity contribution in [2.45, 2.75) is 76.7 Å². The minimum absolute atomic E-state index is 0.219. The minimum Gasteiger partial charge on any atom is -0.481 e. The van der Waals surface area contributed by atoms with Crippen LogP contribution in [0.3, 0.4) is 0 Å². The smallest absolute Gasteiger partial charge is 0.387 e. The second-order valence-electron chi connectivity index (χ2n) is 8.59. The minimum atomic E-state index is -2.77. The van der Waals surface area contributed by atoms with E-state index in [9.17, 15) is 13.6 Å². The summed E-state index contributed by atoms with van der Waals surface area (Å²) < 4.78 is 29.0. The van der Waals surface area contributed by atoms with E-state index in [0.717, 1.165) is 11.8 Å². The van der Waals surface area contributed by atoms with Crippen LogP contribution in [0.4, 0.5) is 8.78 Å². The number of ether oxygens (including phenoxy) is 1. The molecule has 1 aromatic rings. The molecule has 0 atom stereocenters. The molecule has 2 aliphatic rings. The van der Waals surface area contributed by atoms with Crippen LogP contribution in [0.5, 0.6) is 5.75 Å². The Morgan fingerprint density at radius 3 is 2.14 bits per heavy atom. The monoisotopic (exact) mass is 406 g/mol. The first-order valence-electron chi connectivity index (χ1n) is 10.9. The summed E-state index contributed by atoms with van der Waals surface area (Å²) in [5.74, 6) is 2.27. The molecule has 0 spiro atoms. The van der Waals surface area contributed by atoms with E-state index in [0.29, 0.717) is 18.3 Å². The molecule has 5 heteroatoms. The number of hydrogen-bond acceptors (Lipinski definition) is 2. The Kier molecular flexibility index (Phi) is 8.08. The molecule has 3 rings (SSSR count). The Hall–Kier alpha value is -1.91. The van der Waals surface area contributed by atoms with Crippen LogP contribution in [0, 0.1) is 17.8 Å². The van der Waals surface area contributed by atoms with Crippen LogP contribution < -0.4 is 4.74 Å². The van der Waals surface area contributed by atoms with Gasteiger partial charge < -0.3 is 9.84 Å². The summed E-state index contributed by atoms with van der Waals surface area (Å²) in [6.07, 6.45) is 15.0. The van der Waals surface area contributed by atoms with Crippen molar-refractivity contribution in [3.63, 3.8) is 0 Å². The molecule has 0 bridgehead atoms. The predicted octanol–water partition coefficient (Wildman–Crippen LogP) is 6.79. The maximum atomic E-state index is 12.3. The van der Waals surface area contributed by atoms with E-state index in [1.54, 1.807) is 12.1 Å². The van der Waals surface area contributed by atoms with E-state index < -0.39 is 12.6 Å². The number of halogens is 2. The molecule has 2 aliphatic carbocycles. The van der Waals surface area contributed by atoms with Gasteiger partial charge in [-0.15, -0.1) is 0 Å². The van der Waals surface area contributed by atoms with Gasteiger partial charge in [0.25, 0.3) is 0 Å². The number of carbonyl (C=O) groups is 1. The van der Waals surface area contributed by atoms with Crippen molar-refractivity contribution >= 4 is 5.97 Å². The number of rotatable bonds is 8. The molecular formula is C24H32F2O3. The van der Waals surface area contributed by atoms with Gasteiger partial charge in [0.2, 0.25) is 0 Å². The standard InChI is InChI=1S/C24H32F2O3/c25-24(26)29-22-15-13-21(14-16-22)20-11-9-19(10-12-20)18-7-5-17(6-8-18)3-1-2-4-23(27)28/h1,3,13-20,24H,2,4-12H2,(H,27,28)/t17-,18-,19-,20-. The van der Waals surface area contributed by atoms with E-state index in [1.165, 1.54) is 56.9 Å². The van der Waals surface area contributed by atoms with Gasteiger partial charge in [-0.1, -0.05) is 24.3 Å². The predicted molar refractivity (Wildman–Crippen MR) is 109 cm³/mol. The lowest BCUT2D eigenvalue weighted by Crippen LogP contribution is -2.25. The highest BCUT2D eigenvalue weighted by Crippen LogP contribution is 2.44. The molecule has 0 aliphatic heterocycles. The Morgan fingerprint density at radius 2 is 1.59 bits per heavy atom. The molecule has 0 amide bonds. The van der Waals surface area contributed by atoms with Gasteiger partial charge in [0.05, 0.1) is 0 Å². The Labute approximate surface area is 172 Å². The zero-order valence-corrected chi connectivity index (χ0v) is 16.9. The number of allylic oxidation sites excluding steroid dienone is 2. The van der Waals surface area contributed by atoms with Crippen molar-refractivity contribution < 1.29 is 23.4 Å². The zero-order chi connectivity index (χ0) is 20.6. The second kappa shape index (κ2) is 10.7. The van der Waals surface area contributed by atoms with Gasteiger partial charge in [-0.05, 0) is 99.2 Å². The topological polar surface area (TPSA) is 46.5 Å². The molecule has 2 fully saturated rings. The maximum absolute atomic E-state index is 12.3. The largest absolute Gasteiger partial charge is 0.481 e. The van der Waals surface area contributed by atoms with E-state index >= 15 is 0 Å². The summed E-state index contributed by atoms with van der Waals surface area (Å²) >= 11 is 0. The number of carboxylic acids is 1.